The molecule has 1 aliphatic rings. The maximum absolute atomic E-state index is 12.9. The molecule has 65 heavy (non-hydrogen) atoms. The van der Waals surface area contributed by atoms with Crippen molar-refractivity contribution in [2.24, 2.45) is 0 Å². The zero-order chi connectivity index (χ0) is 47.5. The van der Waals surface area contributed by atoms with Crippen LogP contribution in [-0.2, 0) is 38.3 Å². The van der Waals surface area contributed by atoms with Crippen molar-refractivity contribution in [3.8, 4) is 0 Å². The second kappa shape index (κ2) is 43.6. The Morgan fingerprint density at radius 1 is 0.585 bits per heavy atom. The number of carbonyl (C=O) groups excluding carboxylic acids is 1. The van der Waals surface area contributed by atoms with Crippen molar-refractivity contribution < 1.29 is 56.2 Å². The number of unbranched alkanes of at least 4 members (excludes halogenated alkanes) is 27. The number of carbonyl (C=O) groups is 1. The molecule has 0 aromatic carbocycles. The molecular formula is C52H96O12S. The zero-order valence-corrected chi connectivity index (χ0v) is 41.9. The summed E-state index contributed by atoms with van der Waals surface area (Å²) >= 11 is 0. The fourth-order valence-corrected chi connectivity index (χ4v) is 8.54. The lowest BCUT2D eigenvalue weighted by atomic mass is 9.99. The molecule has 0 saturated carbocycles. The molecule has 4 N–H and O–H groups in total. The Labute approximate surface area is 396 Å². The minimum absolute atomic E-state index is 0.0335. The Balaban J connectivity index is 2.36. The van der Waals surface area contributed by atoms with E-state index in [4.69, 9.17) is 18.9 Å². The minimum atomic E-state index is -5.07. The zero-order valence-electron chi connectivity index (χ0n) is 41.1. The highest BCUT2D eigenvalue weighted by atomic mass is 32.3. The van der Waals surface area contributed by atoms with Crippen LogP contribution in [0.2, 0.25) is 0 Å². The number of ether oxygens (including phenoxy) is 4. The van der Waals surface area contributed by atoms with Gasteiger partial charge in [0.25, 0.3) is 0 Å². The van der Waals surface area contributed by atoms with Crippen LogP contribution in [-0.4, -0.2) is 97.5 Å². The maximum atomic E-state index is 12.9. The third-order valence-electron chi connectivity index (χ3n) is 12.0. The largest absolute Gasteiger partial charge is 0.457 e. The summed E-state index contributed by atoms with van der Waals surface area (Å²) < 4.78 is 59.3. The van der Waals surface area contributed by atoms with Gasteiger partial charge in [-0.1, -0.05) is 204 Å². The number of hydrogen-bond acceptors (Lipinski definition) is 11. The summed E-state index contributed by atoms with van der Waals surface area (Å²) in [4.78, 5) is 12.9. The van der Waals surface area contributed by atoms with Gasteiger partial charge in [0.05, 0.1) is 19.8 Å². The SMILES string of the molecule is CCCCCCC/C=C\C/C=C\C/C=C\CCCCCCCCC(=O)OC(COCCCCCCCCCCCCCCCCCCC)COC1OC(CO)C(O)C(OS(=O)(=O)O)C1O. The molecule has 1 saturated heterocycles. The summed E-state index contributed by atoms with van der Waals surface area (Å²) in [5, 5.41) is 30.8. The Bertz CT molecular complexity index is 1270. The van der Waals surface area contributed by atoms with Crippen molar-refractivity contribution in [3.63, 3.8) is 0 Å². The first-order valence-corrected chi connectivity index (χ1v) is 27.6. The van der Waals surface area contributed by atoms with Crippen LogP contribution in [0.5, 0.6) is 0 Å². The molecule has 6 unspecified atom stereocenters. The summed E-state index contributed by atoms with van der Waals surface area (Å²) in [5.74, 6) is -0.408. The lowest BCUT2D eigenvalue weighted by Gasteiger charge is -2.41. The second-order valence-electron chi connectivity index (χ2n) is 18.1. The lowest BCUT2D eigenvalue weighted by Crippen LogP contribution is -2.60. The molecular weight excluding hydrogens is 849 g/mol. The average Bonchev–Trinajstić information content (AvgIpc) is 3.28. The van der Waals surface area contributed by atoms with Crippen LogP contribution in [0.1, 0.15) is 226 Å². The molecule has 0 aliphatic carbocycles. The van der Waals surface area contributed by atoms with E-state index in [1.165, 1.54) is 128 Å². The molecule has 6 atom stereocenters. The molecule has 0 aromatic rings. The van der Waals surface area contributed by atoms with Crippen LogP contribution in [0.15, 0.2) is 36.5 Å². The molecule has 1 fully saturated rings. The van der Waals surface area contributed by atoms with E-state index < -0.39 is 59.8 Å². The predicted molar refractivity (Wildman–Crippen MR) is 262 cm³/mol. The van der Waals surface area contributed by atoms with Crippen LogP contribution < -0.4 is 0 Å². The second-order valence-corrected chi connectivity index (χ2v) is 19.2. The van der Waals surface area contributed by atoms with Crippen molar-refractivity contribution in [1.82, 2.24) is 0 Å². The molecule has 0 spiro atoms. The monoisotopic (exact) mass is 945 g/mol. The fraction of sp³-hybridized carbons (Fsp3) is 0.865. The van der Waals surface area contributed by atoms with Gasteiger partial charge in [0, 0.05) is 13.0 Å². The molecule has 1 rings (SSSR count). The van der Waals surface area contributed by atoms with Crippen LogP contribution in [0.25, 0.3) is 0 Å². The lowest BCUT2D eigenvalue weighted by molar-refractivity contribution is -0.301. The normalized spacial score (nSPS) is 19.9. The molecule has 12 nitrogen and oxygen atoms in total. The average molecular weight is 945 g/mol. The van der Waals surface area contributed by atoms with Gasteiger partial charge in [-0.05, 0) is 51.4 Å². The van der Waals surface area contributed by atoms with Gasteiger partial charge in [-0.15, -0.1) is 0 Å². The topological polar surface area (TPSA) is 178 Å². The molecule has 13 heteroatoms. The smallest absolute Gasteiger partial charge is 0.397 e. The van der Waals surface area contributed by atoms with E-state index >= 15 is 0 Å². The van der Waals surface area contributed by atoms with Gasteiger partial charge in [0.1, 0.15) is 30.5 Å². The summed E-state index contributed by atoms with van der Waals surface area (Å²) in [6, 6.07) is 0. The first-order chi connectivity index (χ1) is 31.6. The van der Waals surface area contributed by atoms with Crippen LogP contribution in [0, 0.1) is 0 Å². The highest BCUT2D eigenvalue weighted by Gasteiger charge is 2.48. The molecule has 0 amide bonds. The van der Waals surface area contributed by atoms with Crippen LogP contribution in [0.4, 0.5) is 0 Å². The number of aliphatic hydroxyl groups excluding tert-OH is 3. The number of esters is 1. The van der Waals surface area contributed by atoms with Gasteiger partial charge in [0.2, 0.25) is 0 Å². The van der Waals surface area contributed by atoms with E-state index in [0.29, 0.717) is 13.0 Å². The van der Waals surface area contributed by atoms with Crippen molar-refractivity contribution in [1.29, 1.82) is 0 Å². The first-order valence-electron chi connectivity index (χ1n) is 26.2. The third-order valence-corrected chi connectivity index (χ3v) is 12.5. The van der Waals surface area contributed by atoms with Crippen LogP contribution in [0.3, 0.4) is 0 Å². The van der Waals surface area contributed by atoms with E-state index in [1.54, 1.807) is 0 Å². The molecule has 0 bridgehead atoms. The number of aliphatic hydroxyl groups is 3. The Kier molecular flexibility index (Phi) is 41.1. The standard InChI is InChI=1S/C52H96O12S/c1-3-5-7-9-11-13-15-17-19-21-22-23-24-25-27-29-31-33-35-37-39-41-48(54)62-46(45-61-52-50(56)51(64-65(57,58)59)49(55)47(43-53)63-52)44-60-42-40-38-36-34-32-30-28-26-20-18-16-14-12-10-8-6-4-2/h15,17,21-22,24-25,46-47,49-53,55-56H,3-14,16,18-20,23,26-45H2,1-2H3,(H,57,58,59)/b17-15-,22-21-,25-24-. The highest BCUT2D eigenvalue weighted by molar-refractivity contribution is 7.80. The number of allylic oxidation sites excluding steroid dienone is 6. The fourth-order valence-electron chi connectivity index (χ4n) is 8.03. The first kappa shape index (κ1) is 61.3. The maximum Gasteiger partial charge on any atom is 0.397 e. The van der Waals surface area contributed by atoms with E-state index in [0.717, 1.165) is 70.6 Å². The van der Waals surface area contributed by atoms with E-state index in [9.17, 15) is 33.1 Å². The molecule has 382 valence electrons. The van der Waals surface area contributed by atoms with Gasteiger partial charge >= 0.3 is 16.4 Å². The summed E-state index contributed by atoms with van der Waals surface area (Å²) in [6.07, 6.45) is 43.1. The quantitative estimate of drug-likeness (QED) is 0.0197. The minimum Gasteiger partial charge on any atom is -0.457 e. The Hall–Kier alpha value is -1.68. The predicted octanol–water partition coefficient (Wildman–Crippen LogP) is 12.1. The third kappa shape index (κ3) is 37.0. The van der Waals surface area contributed by atoms with Gasteiger partial charge < -0.3 is 34.3 Å². The molecule has 0 radical (unpaired) electrons. The molecule has 1 aliphatic heterocycles. The Morgan fingerprint density at radius 2 is 1.02 bits per heavy atom. The van der Waals surface area contributed by atoms with Gasteiger partial charge in [0.15, 0.2) is 6.29 Å². The highest BCUT2D eigenvalue weighted by Crippen LogP contribution is 2.26. The summed E-state index contributed by atoms with van der Waals surface area (Å²) in [7, 11) is -5.07. The molecule has 0 aromatic heterocycles. The van der Waals surface area contributed by atoms with E-state index in [1.807, 2.05) is 0 Å². The van der Waals surface area contributed by atoms with Crippen LogP contribution >= 0.6 is 0 Å². The van der Waals surface area contributed by atoms with Crippen molar-refractivity contribution >= 4 is 16.4 Å². The summed E-state index contributed by atoms with van der Waals surface area (Å²) in [5.41, 5.74) is 0. The van der Waals surface area contributed by atoms with E-state index in [2.05, 4.69) is 54.5 Å². The van der Waals surface area contributed by atoms with E-state index in [-0.39, 0.29) is 19.6 Å². The van der Waals surface area contributed by atoms with Gasteiger partial charge in [-0.25, -0.2) is 4.18 Å². The van der Waals surface area contributed by atoms with Crippen molar-refractivity contribution in [3.05, 3.63) is 36.5 Å². The van der Waals surface area contributed by atoms with Crippen molar-refractivity contribution in [2.45, 2.75) is 263 Å². The Morgan fingerprint density at radius 3 is 1.48 bits per heavy atom. The number of hydrogen-bond donors (Lipinski definition) is 4. The van der Waals surface area contributed by atoms with Gasteiger partial charge in [-0.3, -0.25) is 9.35 Å². The molecule has 1 heterocycles. The van der Waals surface area contributed by atoms with Gasteiger partial charge in [-0.2, -0.15) is 8.42 Å². The van der Waals surface area contributed by atoms with Crippen molar-refractivity contribution in [2.75, 3.05) is 26.4 Å². The summed E-state index contributed by atoms with van der Waals surface area (Å²) in [6.45, 7) is 4.00. The number of rotatable bonds is 46.